The van der Waals surface area contributed by atoms with E-state index < -0.39 is 0 Å². The lowest BCUT2D eigenvalue weighted by Crippen LogP contribution is -2.25. The predicted molar refractivity (Wildman–Crippen MR) is 79.4 cm³/mol. The molecule has 0 saturated carbocycles. The summed E-state index contributed by atoms with van der Waals surface area (Å²) in [6.45, 7) is -0.0174. The van der Waals surface area contributed by atoms with Crippen molar-refractivity contribution in [3.8, 4) is 11.8 Å². The number of nitrogen functional groups attached to an aromatic ring is 1. The molecule has 1 heterocycles. The van der Waals surface area contributed by atoms with Gasteiger partial charge in [-0.05, 0) is 18.2 Å². The number of amides is 1. The molecule has 0 saturated heterocycles. The molecule has 0 fully saturated rings. The molecule has 6 nitrogen and oxygen atoms in total. The summed E-state index contributed by atoms with van der Waals surface area (Å²) in [7, 11) is 0. The van der Waals surface area contributed by atoms with Gasteiger partial charge in [-0.3, -0.25) is 4.79 Å². The van der Waals surface area contributed by atoms with Gasteiger partial charge in [0.1, 0.15) is 11.8 Å². The molecule has 3 rings (SSSR count). The lowest BCUT2D eigenvalue weighted by molar-refractivity contribution is -0.118. The number of carbonyl (C=O) groups excluding carboxylic acids is 1. The monoisotopic (exact) mass is 280 g/mol. The molecule has 2 aromatic rings. The van der Waals surface area contributed by atoms with E-state index in [9.17, 15) is 4.79 Å². The Balaban J connectivity index is 1.98. The Labute approximate surface area is 121 Å². The number of benzene rings is 2. The van der Waals surface area contributed by atoms with E-state index in [0.29, 0.717) is 34.1 Å². The Bertz CT molecular complexity index is 765. The molecule has 104 valence electrons. The second kappa shape index (κ2) is 5.06. The quantitative estimate of drug-likeness (QED) is 0.732. The molecule has 4 N–H and O–H groups in total. The summed E-state index contributed by atoms with van der Waals surface area (Å²) in [5.41, 5.74) is 8.76. The van der Waals surface area contributed by atoms with E-state index >= 15 is 0 Å². The number of hydrogen-bond acceptors (Lipinski definition) is 5. The second-order valence-electron chi connectivity index (χ2n) is 4.55. The highest BCUT2D eigenvalue weighted by Crippen LogP contribution is 2.36. The van der Waals surface area contributed by atoms with Crippen LogP contribution in [0.2, 0.25) is 0 Å². The van der Waals surface area contributed by atoms with Gasteiger partial charge in [0, 0.05) is 6.07 Å². The maximum Gasteiger partial charge on any atom is 0.262 e. The molecule has 0 aromatic heterocycles. The van der Waals surface area contributed by atoms with Crippen LogP contribution in [0.5, 0.6) is 5.75 Å². The van der Waals surface area contributed by atoms with Crippen LogP contribution in [0.1, 0.15) is 5.56 Å². The van der Waals surface area contributed by atoms with E-state index in [0.717, 1.165) is 0 Å². The van der Waals surface area contributed by atoms with Crippen molar-refractivity contribution in [2.75, 3.05) is 23.0 Å². The molecule has 2 aromatic carbocycles. The van der Waals surface area contributed by atoms with Crippen LogP contribution in [0.3, 0.4) is 0 Å². The molecule has 0 atom stereocenters. The van der Waals surface area contributed by atoms with E-state index in [1.54, 1.807) is 30.3 Å². The average Bonchev–Trinajstić information content (AvgIpc) is 2.49. The van der Waals surface area contributed by atoms with Gasteiger partial charge >= 0.3 is 0 Å². The largest absolute Gasteiger partial charge is 0.482 e. The van der Waals surface area contributed by atoms with Gasteiger partial charge in [0.25, 0.3) is 5.91 Å². The number of para-hydroxylation sites is 1. The van der Waals surface area contributed by atoms with E-state index in [1.807, 2.05) is 6.07 Å². The summed E-state index contributed by atoms with van der Waals surface area (Å²) in [6, 6.07) is 12.5. The lowest BCUT2D eigenvalue weighted by atomic mass is 10.1. The van der Waals surface area contributed by atoms with Crippen LogP contribution in [0, 0.1) is 11.3 Å². The Morgan fingerprint density at radius 3 is 2.90 bits per heavy atom. The van der Waals surface area contributed by atoms with Crippen LogP contribution in [0.25, 0.3) is 0 Å². The highest BCUT2D eigenvalue weighted by atomic mass is 16.5. The van der Waals surface area contributed by atoms with Crippen LogP contribution in [-0.4, -0.2) is 12.5 Å². The molecule has 0 aliphatic carbocycles. The summed E-state index contributed by atoms with van der Waals surface area (Å²) in [5.74, 6) is 0.321. The Morgan fingerprint density at radius 2 is 2.10 bits per heavy atom. The molecule has 0 radical (unpaired) electrons. The number of ether oxygens (including phenoxy) is 1. The number of nitrogens with one attached hydrogen (secondary N) is 2. The standard InChI is InChI=1S/C15H12N4O2/c16-7-9-3-1-2-4-11(9)18-12-6-13-14(5-10(12)17)21-8-15(20)19-13/h1-6,18H,8,17H2,(H,19,20). The normalized spacial score (nSPS) is 12.6. The van der Waals surface area contributed by atoms with Gasteiger partial charge in [-0.2, -0.15) is 5.26 Å². The number of nitrogens with two attached hydrogens (primary N) is 1. The first-order chi connectivity index (χ1) is 10.2. The van der Waals surface area contributed by atoms with Crippen molar-refractivity contribution in [1.82, 2.24) is 0 Å². The molecule has 21 heavy (non-hydrogen) atoms. The van der Waals surface area contributed by atoms with E-state index in [-0.39, 0.29) is 12.5 Å². The highest BCUT2D eigenvalue weighted by Gasteiger charge is 2.18. The number of fused-ring (bicyclic) bond motifs is 1. The minimum absolute atomic E-state index is 0.0174. The van der Waals surface area contributed by atoms with Gasteiger partial charge in [0.05, 0.1) is 28.3 Å². The summed E-state index contributed by atoms with van der Waals surface area (Å²) >= 11 is 0. The summed E-state index contributed by atoms with van der Waals surface area (Å²) < 4.78 is 5.29. The number of hydrogen-bond donors (Lipinski definition) is 3. The number of nitriles is 1. The summed E-state index contributed by atoms with van der Waals surface area (Å²) in [4.78, 5) is 11.3. The smallest absolute Gasteiger partial charge is 0.262 e. The van der Waals surface area contributed by atoms with Crippen molar-refractivity contribution in [3.63, 3.8) is 0 Å². The second-order valence-corrected chi connectivity index (χ2v) is 4.55. The highest BCUT2D eigenvalue weighted by molar-refractivity contribution is 5.97. The van der Waals surface area contributed by atoms with E-state index in [4.69, 9.17) is 15.7 Å². The molecule has 1 aliphatic heterocycles. The Morgan fingerprint density at radius 1 is 1.29 bits per heavy atom. The maximum atomic E-state index is 11.3. The van der Waals surface area contributed by atoms with Crippen LogP contribution in [-0.2, 0) is 4.79 Å². The van der Waals surface area contributed by atoms with Crippen molar-refractivity contribution in [1.29, 1.82) is 5.26 Å². The first-order valence-electron chi connectivity index (χ1n) is 6.29. The zero-order valence-corrected chi connectivity index (χ0v) is 11.0. The van der Waals surface area contributed by atoms with Gasteiger partial charge in [-0.1, -0.05) is 12.1 Å². The molecular formula is C15H12N4O2. The van der Waals surface area contributed by atoms with Crippen LogP contribution < -0.4 is 21.1 Å². The average molecular weight is 280 g/mol. The van der Waals surface area contributed by atoms with Crippen molar-refractivity contribution in [2.45, 2.75) is 0 Å². The van der Waals surface area contributed by atoms with Crippen molar-refractivity contribution < 1.29 is 9.53 Å². The van der Waals surface area contributed by atoms with Crippen molar-refractivity contribution in [2.24, 2.45) is 0 Å². The number of anilines is 4. The van der Waals surface area contributed by atoms with E-state index in [1.165, 1.54) is 0 Å². The molecule has 0 bridgehead atoms. The fourth-order valence-corrected chi connectivity index (χ4v) is 2.09. The molecule has 1 aliphatic rings. The third kappa shape index (κ3) is 2.44. The minimum atomic E-state index is -0.212. The van der Waals surface area contributed by atoms with Crippen LogP contribution >= 0.6 is 0 Å². The molecular weight excluding hydrogens is 268 g/mol. The number of rotatable bonds is 2. The first kappa shape index (κ1) is 12.8. The molecule has 0 spiro atoms. The van der Waals surface area contributed by atoms with Gasteiger partial charge < -0.3 is 21.1 Å². The molecule has 6 heteroatoms. The van der Waals surface area contributed by atoms with Gasteiger partial charge in [-0.25, -0.2) is 0 Å². The Kier molecular flexibility index (Phi) is 3.09. The predicted octanol–water partition coefficient (Wildman–Crippen LogP) is 2.21. The minimum Gasteiger partial charge on any atom is -0.482 e. The first-order valence-corrected chi connectivity index (χ1v) is 6.29. The number of carbonyl (C=O) groups is 1. The SMILES string of the molecule is N#Cc1ccccc1Nc1cc2c(cc1N)OCC(=O)N2. The summed E-state index contributed by atoms with van der Waals surface area (Å²) in [5, 5.41) is 14.9. The maximum absolute atomic E-state index is 11.3. The fraction of sp³-hybridized carbons (Fsp3) is 0.0667. The molecule has 0 unspecified atom stereocenters. The Hall–Kier alpha value is -3.20. The topological polar surface area (TPSA) is 100 Å². The lowest BCUT2D eigenvalue weighted by Gasteiger charge is -2.20. The zero-order valence-electron chi connectivity index (χ0n) is 11.0. The third-order valence-electron chi connectivity index (χ3n) is 3.10. The fourth-order valence-electron chi connectivity index (χ4n) is 2.09. The van der Waals surface area contributed by atoms with E-state index in [2.05, 4.69) is 16.7 Å². The van der Waals surface area contributed by atoms with Crippen LogP contribution in [0.4, 0.5) is 22.7 Å². The van der Waals surface area contributed by atoms with Crippen molar-refractivity contribution in [3.05, 3.63) is 42.0 Å². The summed E-state index contributed by atoms with van der Waals surface area (Å²) in [6.07, 6.45) is 0. The molecule has 1 amide bonds. The third-order valence-corrected chi connectivity index (χ3v) is 3.10. The van der Waals surface area contributed by atoms with Crippen molar-refractivity contribution >= 4 is 28.7 Å². The number of nitrogens with zero attached hydrogens (tertiary/aromatic N) is 1. The van der Waals surface area contributed by atoms with Gasteiger partial charge in [-0.15, -0.1) is 0 Å². The van der Waals surface area contributed by atoms with Gasteiger partial charge in [0.15, 0.2) is 6.61 Å². The van der Waals surface area contributed by atoms with Crippen LogP contribution in [0.15, 0.2) is 36.4 Å². The zero-order chi connectivity index (χ0) is 14.8. The van der Waals surface area contributed by atoms with Gasteiger partial charge in [0.2, 0.25) is 0 Å².